The molecule has 0 saturated heterocycles. The second-order valence-electron chi connectivity index (χ2n) is 6.45. The highest BCUT2D eigenvalue weighted by Crippen LogP contribution is 2.33. The molecule has 0 aliphatic rings. The first-order valence-electron chi connectivity index (χ1n) is 8.48. The maximum Gasteiger partial charge on any atom is 0.229 e. The third kappa shape index (κ3) is 1.61. The van der Waals surface area contributed by atoms with Gasteiger partial charge in [-0.25, -0.2) is 4.40 Å². The number of hydrogen-bond acceptors (Lipinski definition) is 0. The van der Waals surface area contributed by atoms with Crippen LogP contribution in [-0.4, -0.2) is 4.40 Å². The van der Waals surface area contributed by atoms with Gasteiger partial charge < -0.3 is 0 Å². The fourth-order valence-electron chi connectivity index (χ4n) is 3.99. The zero-order valence-electron chi connectivity index (χ0n) is 13.5. The standard InChI is InChI=1S/C23H14N2/c1-2-8-16(9-3-1)17-14-19-18-10-4-5-11-20(18)25-22-13-7-6-12-21(22)24(15-17)23(19)25/h1-14H. The molecule has 0 saturated carbocycles. The Morgan fingerprint density at radius 1 is 0.680 bits per heavy atom. The van der Waals surface area contributed by atoms with E-state index in [4.69, 9.17) is 0 Å². The molecule has 3 aromatic heterocycles. The first kappa shape index (κ1) is 13.0. The molecule has 25 heavy (non-hydrogen) atoms. The highest BCUT2D eigenvalue weighted by atomic mass is 15.1. The number of rotatable bonds is 1. The third-order valence-corrected chi connectivity index (χ3v) is 5.07. The number of benzene rings is 3. The second kappa shape index (κ2) is 4.58. The highest BCUT2D eigenvalue weighted by Gasteiger charge is 2.20. The van der Waals surface area contributed by atoms with E-state index in [0.29, 0.717) is 0 Å². The number of pyridine rings is 1. The van der Waals surface area contributed by atoms with Crippen LogP contribution in [0.1, 0.15) is 0 Å². The number of fused-ring (bicyclic) bond motifs is 6. The van der Waals surface area contributed by atoms with Gasteiger partial charge in [-0.2, -0.15) is 0 Å². The average Bonchev–Trinajstić information content (AvgIpc) is 3.20. The van der Waals surface area contributed by atoms with Crippen molar-refractivity contribution in [2.75, 3.05) is 0 Å². The van der Waals surface area contributed by atoms with Crippen LogP contribution in [0.2, 0.25) is 0 Å². The summed E-state index contributed by atoms with van der Waals surface area (Å²) in [4.78, 5) is 0. The van der Waals surface area contributed by atoms with Gasteiger partial charge in [0.05, 0.1) is 6.20 Å². The van der Waals surface area contributed by atoms with Crippen molar-refractivity contribution in [1.29, 1.82) is 0 Å². The van der Waals surface area contributed by atoms with Crippen molar-refractivity contribution in [3.8, 4) is 11.1 Å². The molecule has 0 radical (unpaired) electrons. The molecule has 2 nitrogen and oxygen atoms in total. The van der Waals surface area contributed by atoms with Gasteiger partial charge in [-0.1, -0.05) is 71.8 Å². The summed E-state index contributed by atoms with van der Waals surface area (Å²) in [5, 5.41) is 2.55. The zero-order chi connectivity index (χ0) is 16.4. The second-order valence-corrected chi connectivity index (χ2v) is 6.45. The lowest BCUT2D eigenvalue weighted by Crippen LogP contribution is -2.20. The maximum atomic E-state index is 3.62. The Labute approximate surface area is 144 Å². The molecule has 0 atom stereocenters. The van der Waals surface area contributed by atoms with E-state index in [1.807, 2.05) is 0 Å². The summed E-state index contributed by atoms with van der Waals surface area (Å²) in [5.41, 5.74) is 7.15. The quantitative estimate of drug-likeness (QED) is 0.301. The molecule has 3 aromatic carbocycles. The van der Waals surface area contributed by atoms with Crippen LogP contribution in [-0.2, 0) is 0 Å². The molecule has 0 spiro atoms. The topological polar surface area (TPSA) is 8.51 Å². The Kier molecular flexibility index (Phi) is 2.37. The summed E-state index contributed by atoms with van der Waals surface area (Å²) in [7, 11) is 0. The van der Waals surface area contributed by atoms with Crippen molar-refractivity contribution in [3.05, 3.63) is 91.1 Å². The van der Waals surface area contributed by atoms with E-state index < -0.39 is 0 Å². The lowest BCUT2D eigenvalue weighted by Gasteiger charge is -2.07. The van der Waals surface area contributed by atoms with Gasteiger partial charge in [-0.05, 0) is 18.2 Å². The first-order valence-corrected chi connectivity index (χ1v) is 8.48. The molecule has 2 heteroatoms. The molecule has 6 aromatic rings. The molecule has 6 rings (SSSR count). The van der Waals surface area contributed by atoms with E-state index in [0.717, 1.165) is 5.56 Å². The van der Waals surface area contributed by atoms with E-state index in [-0.39, 0.29) is 0 Å². The summed E-state index contributed by atoms with van der Waals surface area (Å²) in [6.07, 6.45) is 3.62. The van der Waals surface area contributed by atoms with E-state index in [2.05, 4.69) is 99.9 Å². The zero-order valence-corrected chi connectivity index (χ0v) is 13.5. The van der Waals surface area contributed by atoms with E-state index in [9.17, 15) is 0 Å². The number of aromatic nitrogens is 2. The minimum Gasteiger partial charge on any atom is -0.288 e. The number of imidazole rings is 1. The van der Waals surface area contributed by atoms with E-state index >= 15 is 0 Å². The first-order chi connectivity index (χ1) is 12.4. The van der Waals surface area contributed by atoms with Gasteiger partial charge in [0.1, 0.15) is 16.6 Å². The van der Waals surface area contributed by atoms with Crippen LogP contribution in [0, 0.1) is 6.20 Å². The summed E-state index contributed by atoms with van der Waals surface area (Å²) in [5.74, 6) is 0. The van der Waals surface area contributed by atoms with Crippen molar-refractivity contribution in [1.82, 2.24) is 4.40 Å². The SMILES string of the molecule is [c-]1c(-c2ccccc2)cc2c3ccccc3n3c4ccccc4[n+]1c23. The molecule has 3 heterocycles. The molecular formula is C23H14N2. The van der Waals surface area contributed by atoms with Crippen molar-refractivity contribution in [2.45, 2.75) is 0 Å². The van der Waals surface area contributed by atoms with Crippen LogP contribution < -0.4 is 4.40 Å². The lowest BCUT2D eigenvalue weighted by molar-refractivity contribution is -0.484. The Morgan fingerprint density at radius 3 is 2.28 bits per heavy atom. The Hall–Kier alpha value is -3.39. The minimum atomic E-state index is 1.12. The van der Waals surface area contributed by atoms with Crippen LogP contribution in [0.5, 0.6) is 0 Å². The van der Waals surface area contributed by atoms with Crippen molar-refractivity contribution >= 4 is 33.0 Å². The monoisotopic (exact) mass is 318 g/mol. The van der Waals surface area contributed by atoms with Gasteiger partial charge in [0.15, 0.2) is 0 Å². The van der Waals surface area contributed by atoms with Gasteiger partial charge in [-0.15, -0.1) is 6.07 Å². The molecule has 0 amide bonds. The van der Waals surface area contributed by atoms with E-state index in [1.54, 1.807) is 0 Å². The largest absolute Gasteiger partial charge is 0.288 e. The summed E-state index contributed by atoms with van der Waals surface area (Å²) in [6, 6.07) is 29.9. The molecule has 0 aliphatic carbocycles. The average molecular weight is 318 g/mol. The fourth-order valence-corrected chi connectivity index (χ4v) is 3.99. The maximum absolute atomic E-state index is 3.62. The summed E-state index contributed by atoms with van der Waals surface area (Å²) in [6.45, 7) is 0. The van der Waals surface area contributed by atoms with Crippen LogP contribution >= 0.6 is 0 Å². The molecule has 0 unspecified atom stereocenters. The van der Waals surface area contributed by atoms with Crippen molar-refractivity contribution in [2.24, 2.45) is 0 Å². The Balaban J connectivity index is 1.92. The minimum absolute atomic E-state index is 1.12. The van der Waals surface area contributed by atoms with Gasteiger partial charge in [0.25, 0.3) is 0 Å². The van der Waals surface area contributed by atoms with Crippen LogP contribution in [0.25, 0.3) is 44.1 Å². The Bertz CT molecular complexity index is 1290. The highest BCUT2D eigenvalue weighted by molar-refractivity contribution is 6.09. The van der Waals surface area contributed by atoms with Crippen LogP contribution in [0.4, 0.5) is 0 Å². The van der Waals surface area contributed by atoms with Crippen LogP contribution in [0.15, 0.2) is 84.9 Å². The van der Waals surface area contributed by atoms with Gasteiger partial charge in [0, 0.05) is 10.8 Å². The van der Waals surface area contributed by atoms with Gasteiger partial charge >= 0.3 is 0 Å². The van der Waals surface area contributed by atoms with Crippen molar-refractivity contribution in [3.63, 3.8) is 0 Å². The number of hydrogen-bond donors (Lipinski definition) is 0. The molecule has 0 bridgehead atoms. The number of para-hydroxylation sites is 3. The van der Waals surface area contributed by atoms with Crippen molar-refractivity contribution < 1.29 is 4.40 Å². The fraction of sp³-hybridized carbons (Fsp3) is 0. The molecule has 116 valence electrons. The lowest BCUT2D eigenvalue weighted by atomic mass is 10.1. The molecule has 0 aliphatic heterocycles. The van der Waals surface area contributed by atoms with Gasteiger partial charge in [-0.3, -0.25) is 4.40 Å². The predicted molar refractivity (Wildman–Crippen MR) is 101 cm³/mol. The third-order valence-electron chi connectivity index (χ3n) is 5.07. The van der Waals surface area contributed by atoms with Gasteiger partial charge in [0.2, 0.25) is 5.65 Å². The molecular weight excluding hydrogens is 304 g/mol. The normalized spacial score (nSPS) is 12.0. The summed E-state index contributed by atoms with van der Waals surface area (Å²) >= 11 is 0. The van der Waals surface area contributed by atoms with E-state index in [1.165, 1.54) is 38.5 Å². The van der Waals surface area contributed by atoms with Crippen LogP contribution in [0.3, 0.4) is 0 Å². The molecule has 0 fully saturated rings. The summed E-state index contributed by atoms with van der Waals surface area (Å²) < 4.78 is 4.57. The Morgan fingerprint density at radius 2 is 1.40 bits per heavy atom. The smallest absolute Gasteiger partial charge is 0.229 e. The predicted octanol–water partition coefficient (Wildman–Crippen LogP) is 4.89. The molecule has 0 N–H and O–H groups in total. The number of nitrogens with zero attached hydrogens (tertiary/aromatic N) is 2.